The Labute approximate surface area is 200 Å². The fraction of sp³-hybridized carbons (Fsp3) is 0.133. The van der Waals surface area contributed by atoms with Crippen molar-refractivity contribution in [3.8, 4) is 0 Å². The van der Waals surface area contributed by atoms with Crippen molar-refractivity contribution in [1.82, 2.24) is 5.32 Å². The van der Waals surface area contributed by atoms with Crippen LogP contribution in [0.3, 0.4) is 0 Å². The van der Waals surface area contributed by atoms with E-state index in [-0.39, 0.29) is 5.91 Å². The van der Waals surface area contributed by atoms with Gasteiger partial charge in [0.1, 0.15) is 11.5 Å². The van der Waals surface area contributed by atoms with Crippen molar-refractivity contribution >= 4 is 11.9 Å². The Morgan fingerprint density at radius 3 is 1.44 bits per heavy atom. The predicted octanol–water partition coefficient (Wildman–Crippen LogP) is 4.92. The van der Waals surface area contributed by atoms with Gasteiger partial charge in [-0.3, -0.25) is 4.79 Å². The van der Waals surface area contributed by atoms with Gasteiger partial charge in [0.15, 0.2) is 0 Å². The van der Waals surface area contributed by atoms with E-state index in [1.807, 2.05) is 121 Å². The van der Waals surface area contributed by atoms with E-state index in [9.17, 15) is 9.59 Å². The van der Waals surface area contributed by atoms with Crippen molar-refractivity contribution in [3.05, 3.63) is 144 Å². The second-order valence-corrected chi connectivity index (χ2v) is 8.09. The quantitative estimate of drug-likeness (QED) is 0.307. The van der Waals surface area contributed by atoms with Crippen LogP contribution in [0.25, 0.3) is 0 Å². The Balaban J connectivity index is 1.85. The number of hydrogen-bond donors (Lipinski definition) is 1. The number of ether oxygens (including phenoxy) is 1. The first-order chi connectivity index (χ1) is 16.7. The highest BCUT2D eigenvalue weighted by molar-refractivity contribution is 5.98. The lowest BCUT2D eigenvalue weighted by atomic mass is 9.68. The number of methoxy groups -OCH3 is 1. The highest BCUT2D eigenvalue weighted by Gasteiger charge is 2.45. The number of nitrogens with one attached hydrogen (secondary N) is 1. The van der Waals surface area contributed by atoms with Gasteiger partial charge < -0.3 is 10.1 Å². The van der Waals surface area contributed by atoms with Crippen molar-refractivity contribution in [2.45, 2.75) is 17.9 Å². The van der Waals surface area contributed by atoms with Gasteiger partial charge in [0.05, 0.1) is 7.11 Å². The van der Waals surface area contributed by atoms with Crippen LogP contribution in [0.4, 0.5) is 0 Å². The molecule has 34 heavy (non-hydrogen) atoms. The van der Waals surface area contributed by atoms with Gasteiger partial charge in [0, 0.05) is 6.42 Å². The second kappa shape index (κ2) is 10.6. The van der Waals surface area contributed by atoms with Crippen molar-refractivity contribution in [1.29, 1.82) is 0 Å². The zero-order chi connectivity index (χ0) is 23.8. The highest BCUT2D eigenvalue weighted by atomic mass is 16.5. The average molecular weight is 450 g/mol. The molecule has 1 N–H and O–H groups in total. The van der Waals surface area contributed by atoms with E-state index in [0.717, 1.165) is 22.3 Å². The lowest BCUT2D eigenvalue weighted by Crippen LogP contribution is -2.52. The number of benzene rings is 4. The zero-order valence-electron chi connectivity index (χ0n) is 19.1. The van der Waals surface area contributed by atoms with Crippen LogP contribution in [-0.4, -0.2) is 25.0 Å². The van der Waals surface area contributed by atoms with Crippen LogP contribution in [0.1, 0.15) is 22.3 Å². The first-order valence-corrected chi connectivity index (χ1v) is 11.3. The van der Waals surface area contributed by atoms with Crippen molar-refractivity contribution < 1.29 is 14.3 Å². The Morgan fingerprint density at radius 1 is 0.676 bits per heavy atom. The number of carbonyl (C=O) groups is 2. The third kappa shape index (κ3) is 4.62. The Kier molecular flexibility index (Phi) is 7.19. The molecule has 1 amide bonds. The van der Waals surface area contributed by atoms with Crippen LogP contribution in [-0.2, 0) is 26.2 Å². The van der Waals surface area contributed by atoms with E-state index in [1.165, 1.54) is 7.11 Å². The first kappa shape index (κ1) is 23.0. The maximum atomic E-state index is 14.4. The molecule has 0 spiro atoms. The van der Waals surface area contributed by atoms with Gasteiger partial charge in [-0.25, -0.2) is 4.79 Å². The lowest BCUT2D eigenvalue weighted by Gasteiger charge is -2.35. The maximum Gasteiger partial charge on any atom is 0.328 e. The highest BCUT2D eigenvalue weighted by Crippen LogP contribution is 2.39. The summed E-state index contributed by atoms with van der Waals surface area (Å²) in [5.74, 6) is -0.775. The number of esters is 1. The molecule has 4 aromatic carbocycles. The summed E-state index contributed by atoms with van der Waals surface area (Å²) in [5, 5.41) is 3.04. The molecule has 0 radical (unpaired) electrons. The third-order valence-corrected chi connectivity index (χ3v) is 6.03. The topological polar surface area (TPSA) is 55.4 Å². The molecule has 0 aliphatic carbocycles. The summed E-state index contributed by atoms with van der Waals surface area (Å²) in [7, 11) is 1.34. The molecule has 0 aliphatic heterocycles. The Morgan fingerprint density at radius 2 is 1.06 bits per heavy atom. The van der Waals surface area contributed by atoms with Crippen LogP contribution < -0.4 is 5.32 Å². The zero-order valence-corrected chi connectivity index (χ0v) is 19.1. The molecule has 0 aromatic heterocycles. The molecule has 4 heteroatoms. The van der Waals surface area contributed by atoms with Gasteiger partial charge in [0.2, 0.25) is 5.91 Å². The predicted molar refractivity (Wildman–Crippen MR) is 133 cm³/mol. The minimum atomic E-state index is -1.16. The smallest absolute Gasteiger partial charge is 0.328 e. The van der Waals surface area contributed by atoms with Crippen molar-refractivity contribution in [3.63, 3.8) is 0 Å². The van der Waals surface area contributed by atoms with Crippen molar-refractivity contribution in [2.24, 2.45) is 0 Å². The Hall–Kier alpha value is -4.18. The van der Waals surface area contributed by atoms with Crippen LogP contribution >= 0.6 is 0 Å². The van der Waals surface area contributed by atoms with Gasteiger partial charge in [-0.1, -0.05) is 121 Å². The van der Waals surface area contributed by atoms with Gasteiger partial charge >= 0.3 is 5.97 Å². The number of rotatable bonds is 8. The summed E-state index contributed by atoms with van der Waals surface area (Å²) >= 11 is 0. The van der Waals surface area contributed by atoms with E-state index in [4.69, 9.17) is 4.74 Å². The molecule has 0 heterocycles. The van der Waals surface area contributed by atoms with E-state index in [1.54, 1.807) is 0 Å². The van der Waals surface area contributed by atoms with E-state index in [0.29, 0.717) is 6.42 Å². The molecule has 170 valence electrons. The molecular formula is C30H27NO3. The minimum Gasteiger partial charge on any atom is -0.467 e. The van der Waals surface area contributed by atoms with E-state index in [2.05, 4.69) is 5.32 Å². The summed E-state index contributed by atoms with van der Waals surface area (Å²) < 4.78 is 5.06. The van der Waals surface area contributed by atoms with Gasteiger partial charge in [-0.05, 0) is 22.3 Å². The van der Waals surface area contributed by atoms with Gasteiger partial charge in [-0.15, -0.1) is 0 Å². The molecular weight excluding hydrogens is 422 g/mol. The molecule has 0 aliphatic rings. The van der Waals surface area contributed by atoms with Gasteiger partial charge in [0.25, 0.3) is 0 Å². The van der Waals surface area contributed by atoms with Crippen LogP contribution in [0.2, 0.25) is 0 Å². The molecule has 0 unspecified atom stereocenters. The van der Waals surface area contributed by atoms with E-state index >= 15 is 0 Å². The SMILES string of the molecule is COC(=O)[C@H](Cc1ccccc1)NC(=O)C(c1ccccc1)(c1ccccc1)c1ccccc1. The summed E-state index contributed by atoms with van der Waals surface area (Å²) in [6.45, 7) is 0. The summed E-state index contributed by atoms with van der Waals surface area (Å²) in [6, 6.07) is 37.8. The number of amides is 1. The normalized spacial score (nSPS) is 11.9. The average Bonchev–Trinajstić information content (AvgIpc) is 2.91. The standard InChI is InChI=1S/C30H27NO3/c1-34-28(32)27(22-23-14-6-2-7-15-23)31-29(33)30(24-16-8-3-9-17-24,25-18-10-4-11-19-25)26-20-12-5-13-21-26/h2-21,27H,22H2,1H3,(H,31,33)/t27-/m0/s1. The molecule has 0 fully saturated rings. The maximum absolute atomic E-state index is 14.4. The molecule has 4 rings (SSSR count). The van der Waals surface area contributed by atoms with Crippen molar-refractivity contribution in [2.75, 3.05) is 7.11 Å². The third-order valence-electron chi connectivity index (χ3n) is 6.03. The van der Waals surface area contributed by atoms with Crippen LogP contribution in [0.5, 0.6) is 0 Å². The molecule has 0 saturated heterocycles. The van der Waals surface area contributed by atoms with Crippen LogP contribution in [0, 0.1) is 0 Å². The first-order valence-electron chi connectivity index (χ1n) is 11.3. The summed E-state index contributed by atoms with van der Waals surface area (Å²) in [5.41, 5.74) is 2.21. The monoisotopic (exact) mass is 449 g/mol. The van der Waals surface area contributed by atoms with E-state index < -0.39 is 17.4 Å². The lowest BCUT2D eigenvalue weighted by molar-refractivity contribution is -0.145. The second-order valence-electron chi connectivity index (χ2n) is 8.09. The number of carbonyl (C=O) groups excluding carboxylic acids is 2. The van der Waals surface area contributed by atoms with Crippen LogP contribution in [0.15, 0.2) is 121 Å². The fourth-order valence-electron chi connectivity index (χ4n) is 4.41. The molecule has 4 aromatic rings. The summed E-state index contributed by atoms with van der Waals surface area (Å²) in [4.78, 5) is 27.1. The Bertz CT molecular complexity index is 1110. The molecule has 1 atom stereocenters. The van der Waals surface area contributed by atoms with Gasteiger partial charge in [-0.2, -0.15) is 0 Å². The summed E-state index contributed by atoms with van der Waals surface area (Å²) in [6.07, 6.45) is 0.327. The number of hydrogen-bond acceptors (Lipinski definition) is 3. The molecule has 4 nitrogen and oxygen atoms in total. The minimum absolute atomic E-state index is 0.289. The molecule has 0 bridgehead atoms. The fourth-order valence-corrected chi connectivity index (χ4v) is 4.41. The molecule has 0 saturated carbocycles. The largest absolute Gasteiger partial charge is 0.467 e.